The predicted octanol–water partition coefficient (Wildman–Crippen LogP) is 2.61. The van der Waals surface area contributed by atoms with Crippen molar-refractivity contribution in [1.29, 1.82) is 0 Å². The van der Waals surface area contributed by atoms with Gasteiger partial charge in [0.2, 0.25) is 0 Å². The minimum Gasteiger partial charge on any atom is -0.397 e. The molecule has 1 aromatic heterocycles. The smallest absolute Gasteiger partial charge is 0.272 e. The predicted molar refractivity (Wildman–Crippen MR) is 67.3 cm³/mol. The fraction of sp³-hybridized carbons (Fsp3) is 0. The largest absolute Gasteiger partial charge is 0.397 e. The molecule has 16 heavy (non-hydrogen) atoms. The number of rotatable bonds is 2. The zero-order valence-electron chi connectivity index (χ0n) is 8.33. The molecule has 4 nitrogen and oxygen atoms in total. The first-order valence-electron chi connectivity index (χ1n) is 4.66. The Balaban J connectivity index is 2.17. The second-order valence-electron chi connectivity index (χ2n) is 3.28. The Labute approximate surface area is 101 Å². The molecule has 5 heteroatoms. The van der Waals surface area contributed by atoms with E-state index in [9.17, 15) is 4.79 Å². The first-order valence-corrected chi connectivity index (χ1v) is 5.46. The number of aromatic nitrogens is 1. The van der Waals surface area contributed by atoms with Gasteiger partial charge >= 0.3 is 0 Å². The average molecular weight is 280 g/mol. The lowest BCUT2D eigenvalue weighted by Gasteiger charge is -2.05. The highest BCUT2D eigenvalue weighted by Crippen LogP contribution is 2.21. The normalized spacial score (nSPS) is 10.1. The molecule has 0 unspecified atom stereocenters. The third kappa shape index (κ3) is 2.25. The molecule has 2 rings (SSSR count). The van der Waals surface area contributed by atoms with Gasteiger partial charge in [0.25, 0.3) is 5.91 Å². The molecule has 0 fully saturated rings. The zero-order valence-corrected chi connectivity index (χ0v) is 9.91. The van der Waals surface area contributed by atoms with Gasteiger partial charge in [-0.25, -0.2) is 0 Å². The quantitative estimate of drug-likeness (QED) is 0.791. The van der Waals surface area contributed by atoms with Crippen LogP contribution in [0, 0.1) is 0 Å². The van der Waals surface area contributed by atoms with Crippen molar-refractivity contribution in [2.75, 3.05) is 11.1 Å². The van der Waals surface area contributed by atoms with Crippen molar-refractivity contribution in [2.24, 2.45) is 0 Å². The second kappa shape index (κ2) is 4.40. The Kier molecular flexibility index (Phi) is 2.96. The first kappa shape index (κ1) is 10.8. The highest BCUT2D eigenvalue weighted by atomic mass is 79.9. The molecule has 4 N–H and O–H groups in total. The number of H-pyrrole nitrogens is 1. The van der Waals surface area contributed by atoms with Crippen LogP contribution in [-0.2, 0) is 0 Å². The maximum Gasteiger partial charge on any atom is 0.272 e. The summed E-state index contributed by atoms with van der Waals surface area (Å²) in [5.41, 5.74) is 7.22. The van der Waals surface area contributed by atoms with E-state index in [0.717, 1.165) is 10.2 Å². The summed E-state index contributed by atoms with van der Waals surface area (Å²) in [6, 6.07) is 8.99. The molecule has 0 radical (unpaired) electrons. The standard InChI is InChI=1S/C11H10BrN3O/c12-8-3-1-2-4-9(8)15-11(16)10-5-7(13)6-14-10/h1-6,14H,13H2,(H,15,16). The Morgan fingerprint density at radius 3 is 2.75 bits per heavy atom. The molecule has 2 aromatic rings. The van der Waals surface area contributed by atoms with E-state index < -0.39 is 0 Å². The molecule has 0 saturated heterocycles. The Hall–Kier alpha value is -1.75. The molecule has 1 amide bonds. The van der Waals surface area contributed by atoms with Gasteiger partial charge in [0.1, 0.15) is 5.69 Å². The molecular formula is C11H10BrN3O. The highest BCUT2D eigenvalue weighted by molar-refractivity contribution is 9.10. The maximum atomic E-state index is 11.8. The lowest BCUT2D eigenvalue weighted by atomic mass is 10.3. The van der Waals surface area contributed by atoms with Gasteiger partial charge in [-0.2, -0.15) is 0 Å². The van der Waals surface area contributed by atoms with E-state index in [2.05, 4.69) is 26.2 Å². The van der Waals surface area contributed by atoms with Crippen molar-refractivity contribution in [1.82, 2.24) is 4.98 Å². The van der Waals surface area contributed by atoms with Gasteiger partial charge in [-0.05, 0) is 34.1 Å². The molecular weight excluding hydrogens is 270 g/mol. The fourth-order valence-electron chi connectivity index (χ4n) is 1.29. The Bertz CT molecular complexity index is 521. The van der Waals surface area contributed by atoms with E-state index >= 15 is 0 Å². The van der Waals surface area contributed by atoms with Crippen molar-refractivity contribution in [3.63, 3.8) is 0 Å². The van der Waals surface area contributed by atoms with Crippen LogP contribution in [0.4, 0.5) is 11.4 Å². The van der Waals surface area contributed by atoms with Gasteiger partial charge in [0.05, 0.1) is 5.69 Å². The number of nitrogens with two attached hydrogens (primary N) is 1. The summed E-state index contributed by atoms with van der Waals surface area (Å²) in [4.78, 5) is 14.6. The molecule has 82 valence electrons. The maximum absolute atomic E-state index is 11.8. The summed E-state index contributed by atoms with van der Waals surface area (Å²) in [5, 5.41) is 2.77. The minimum absolute atomic E-state index is 0.219. The number of hydrogen-bond acceptors (Lipinski definition) is 2. The Morgan fingerprint density at radius 1 is 1.38 bits per heavy atom. The number of anilines is 2. The number of halogens is 1. The van der Waals surface area contributed by atoms with Crippen LogP contribution in [0.15, 0.2) is 41.0 Å². The molecule has 0 aliphatic heterocycles. The van der Waals surface area contributed by atoms with E-state index in [4.69, 9.17) is 5.73 Å². The third-order valence-electron chi connectivity index (χ3n) is 2.07. The van der Waals surface area contributed by atoms with Crippen LogP contribution >= 0.6 is 15.9 Å². The Morgan fingerprint density at radius 2 is 2.12 bits per heavy atom. The van der Waals surface area contributed by atoms with E-state index in [0.29, 0.717) is 11.4 Å². The molecule has 0 saturated carbocycles. The number of carbonyl (C=O) groups excluding carboxylic acids is 1. The van der Waals surface area contributed by atoms with Crippen molar-refractivity contribution < 1.29 is 4.79 Å². The van der Waals surface area contributed by atoms with Gasteiger partial charge in [-0.3, -0.25) is 4.79 Å². The summed E-state index contributed by atoms with van der Waals surface area (Å²) < 4.78 is 0.836. The molecule has 0 spiro atoms. The van der Waals surface area contributed by atoms with Crippen molar-refractivity contribution >= 4 is 33.2 Å². The number of benzene rings is 1. The first-order chi connectivity index (χ1) is 7.66. The fourth-order valence-corrected chi connectivity index (χ4v) is 1.68. The number of hydrogen-bond donors (Lipinski definition) is 3. The van der Waals surface area contributed by atoms with Gasteiger partial charge in [-0.15, -0.1) is 0 Å². The van der Waals surface area contributed by atoms with E-state index in [-0.39, 0.29) is 5.91 Å². The number of nitrogen functional groups attached to an aromatic ring is 1. The van der Waals surface area contributed by atoms with E-state index in [1.165, 1.54) is 0 Å². The van der Waals surface area contributed by atoms with Crippen molar-refractivity contribution in [3.8, 4) is 0 Å². The van der Waals surface area contributed by atoms with E-state index in [1.807, 2.05) is 24.3 Å². The molecule has 0 aliphatic rings. The van der Waals surface area contributed by atoms with Crippen molar-refractivity contribution in [2.45, 2.75) is 0 Å². The van der Waals surface area contributed by atoms with Gasteiger partial charge in [-0.1, -0.05) is 12.1 Å². The molecule has 0 bridgehead atoms. The van der Waals surface area contributed by atoms with Crippen LogP contribution in [0.3, 0.4) is 0 Å². The SMILES string of the molecule is Nc1c[nH]c(C(=O)Nc2ccccc2Br)c1. The van der Waals surface area contributed by atoms with Crippen LogP contribution in [0.1, 0.15) is 10.5 Å². The number of para-hydroxylation sites is 1. The topological polar surface area (TPSA) is 70.9 Å². The minimum atomic E-state index is -0.219. The van der Waals surface area contributed by atoms with Crippen LogP contribution in [0.2, 0.25) is 0 Å². The summed E-state index contributed by atoms with van der Waals surface area (Å²) in [5.74, 6) is -0.219. The highest BCUT2D eigenvalue weighted by Gasteiger charge is 2.09. The second-order valence-corrected chi connectivity index (χ2v) is 4.13. The molecule has 0 atom stereocenters. The summed E-state index contributed by atoms with van der Waals surface area (Å²) in [7, 11) is 0. The summed E-state index contributed by atoms with van der Waals surface area (Å²) in [6.07, 6.45) is 1.58. The zero-order chi connectivity index (χ0) is 11.5. The number of amides is 1. The lowest BCUT2D eigenvalue weighted by molar-refractivity contribution is 0.102. The summed E-state index contributed by atoms with van der Waals surface area (Å²) in [6.45, 7) is 0. The van der Waals surface area contributed by atoms with Crippen LogP contribution in [0.25, 0.3) is 0 Å². The monoisotopic (exact) mass is 279 g/mol. The molecule has 0 aliphatic carbocycles. The van der Waals surface area contributed by atoms with E-state index in [1.54, 1.807) is 12.3 Å². The van der Waals surface area contributed by atoms with Crippen molar-refractivity contribution in [3.05, 3.63) is 46.7 Å². The number of aromatic amines is 1. The van der Waals surface area contributed by atoms with Gasteiger partial charge in [0, 0.05) is 16.4 Å². The lowest BCUT2D eigenvalue weighted by Crippen LogP contribution is -2.12. The van der Waals surface area contributed by atoms with Gasteiger partial charge in [0.15, 0.2) is 0 Å². The summed E-state index contributed by atoms with van der Waals surface area (Å²) >= 11 is 3.35. The van der Waals surface area contributed by atoms with Crippen LogP contribution in [-0.4, -0.2) is 10.9 Å². The number of nitrogens with one attached hydrogen (secondary N) is 2. The molecule has 1 aromatic carbocycles. The molecule has 1 heterocycles. The number of carbonyl (C=O) groups is 1. The van der Waals surface area contributed by atoms with Crippen LogP contribution in [0.5, 0.6) is 0 Å². The average Bonchev–Trinajstić information content (AvgIpc) is 2.68. The van der Waals surface area contributed by atoms with Crippen LogP contribution < -0.4 is 11.1 Å². The third-order valence-corrected chi connectivity index (χ3v) is 2.76. The van der Waals surface area contributed by atoms with Gasteiger partial charge < -0.3 is 16.0 Å².